The molecule has 2 unspecified atom stereocenters. The Kier molecular flexibility index (Phi) is 5.07. The number of ether oxygens (including phenoxy) is 1. The lowest BCUT2D eigenvalue weighted by Crippen LogP contribution is -2.41. The van der Waals surface area contributed by atoms with Gasteiger partial charge in [-0.1, -0.05) is 6.92 Å². The third-order valence-electron chi connectivity index (χ3n) is 3.85. The zero-order chi connectivity index (χ0) is 11.2. The molecule has 0 spiro atoms. The lowest BCUT2D eigenvalue weighted by atomic mass is 9.99. The van der Waals surface area contributed by atoms with Gasteiger partial charge in [0.1, 0.15) is 0 Å². The second-order valence-corrected chi connectivity index (χ2v) is 5.20. The molecule has 2 saturated heterocycles. The van der Waals surface area contributed by atoms with Crippen LogP contribution in [-0.2, 0) is 4.74 Å². The van der Waals surface area contributed by atoms with Crippen LogP contribution in [0.2, 0.25) is 0 Å². The topological polar surface area (TPSA) is 24.5 Å². The highest BCUT2D eigenvalue weighted by atomic mass is 16.5. The first kappa shape index (κ1) is 12.3. The summed E-state index contributed by atoms with van der Waals surface area (Å²) in [5.74, 6) is 0.857. The van der Waals surface area contributed by atoms with Crippen LogP contribution in [0.15, 0.2) is 0 Å². The normalized spacial score (nSPS) is 31.1. The Balaban J connectivity index is 1.70. The summed E-state index contributed by atoms with van der Waals surface area (Å²) in [6.45, 7) is 9.24. The Labute approximate surface area is 99.5 Å². The van der Waals surface area contributed by atoms with Crippen LogP contribution in [0.5, 0.6) is 0 Å². The van der Waals surface area contributed by atoms with Gasteiger partial charge in [0.15, 0.2) is 0 Å². The summed E-state index contributed by atoms with van der Waals surface area (Å²) in [6, 6.07) is 0. The molecule has 0 aromatic rings. The van der Waals surface area contributed by atoms with Gasteiger partial charge in [-0.3, -0.25) is 0 Å². The SMILES string of the molecule is CCN(CC1CCCNC1)CC1CCCO1. The Morgan fingerprint density at radius 1 is 1.25 bits per heavy atom. The van der Waals surface area contributed by atoms with Gasteiger partial charge >= 0.3 is 0 Å². The quantitative estimate of drug-likeness (QED) is 0.768. The van der Waals surface area contributed by atoms with E-state index in [1.807, 2.05) is 0 Å². The predicted molar refractivity (Wildman–Crippen MR) is 66.7 cm³/mol. The van der Waals surface area contributed by atoms with Crippen LogP contribution in [0, 0.1) is 5.92 Å². The van der Waals surface area contributed by atoms with Crippen molar-refractivity contribution >= 4 is 0 Å². The van der Waals surface area contributed by atoms with E-state index in [1.165, 1.54) is 45.3 Å². The molecule has 2 rings (SSSR count). The van der Waals surface area contributed by atoms with Crippen LogP contribution < -0.4 is 5.32 Å². The maximum absolute atomic E-state index is 5.72. The molecule has 16 heavy (non-hydrogen) atoms. The van der Waals surface area contributed by atoms with Crippen molar-refractivity contribution in [3.05, 3.63) is 0 Å². The van der Waals surface area contributed by atoms with Gasteiger partial charge in [-0.2, -0.15) is 0 Å². The summed E-state index contributed by atoms with van der Waals surface area (Å²) in [6.07, 6.45) is 5.78. The molecule has 0 amide bonds. The second kappa shape index (κ2) is 6.58. The maximum Gasteiger partial charge on any atom is 0.0702 e. The zero-order valence-electron chi connectivity index (χ0n) is 10.6. The van der Waals surface area contributed by atoms with Crippen molar-refractivity contribution in [2.24, 2.45) is 5.92 Å². The van der Waals surface area contributed by atoms with Crippen molar-refractivity contribution in [2.75, 3.05) is 39.3 Å². The Hall–Kier alpha value is -0.120. The molecular weight excluding hydrogens is 200 g/mol. The molecule has 0 aromatic heterocycles. The molecule has 1 N–H and O–H groups in total. The largest absolute Gasteiger partial charge is 0.377 e. The highest BCUT2D eigenvalue weighted by Crippen LogP contribution is 2.16. The molecule has 2 fully saturated rings. The third kappa shape index (κ3) is 3.72. The van der Waals surface area contributed by atoms with E-state index in [4.69, 9.17) is 4.74 Å². The monoisotopic (exact) mass is 226 g/mol. The van der Waals surface area contributed by atoms with Crippen molar-refractivity contribution < 1.29 is 4.74 Å². The molecule has 94 valence electrons. The molecule has 3 heteroatoms. The highest BCUT2D eigenvalue weighted by molar-refractivity contribution is 4.75. The lowest BCUT2D eigenvalue weighted by molar-refractivity contribution is 0.0677. The minimum absolute atomic E-state index is 0.511. The molecule has 0 bridgehead atoms. The Morgan fingerprint density at radius 3 is 2.81 bits per heavy atom. The summed E-state index contributed by atoms with van der Waals surface area (Å²) in [7, 11) is 0. The van der Waals surface area contributed by atoms with Gasteiger partial charge in [-0.15, -0.1) is 0 Å². The van der Waals surface area contributed by atoms with E-state index in [0.717, 1.165) is 25.6 Å². The molecule has 2 aliphatic heterocycles. The summed E-state index contributed by atoms with van der Waals surface area (Å²) in [4.78, 5) is 2.58. The van der Waals surface area contributed by atoms with Gasteiger partial charge in [0.2, 0.25) is 0 Å². The molecule has 3 nitrogen and oxygen atoms in total. The average molecular weight is 226 g/mol. The number of hydrogen-bond donors (Lipinski definition) is 1. The summed E-state index contributed by atoms with van der Waals surface area (Å²) in [5.41, 5.74) is 0. The first-order chi connectivity index (χ1) is 7.88. The van der Waals surface area contributed by atoms with Gasteiger partial charge in [0.05, 0.1) is 6.10 Å². The molecule has 2 atom stereocenters. The van der Waals surface area contributed by atoms with E-state index in [0.29, 0.717) is 6.10 Å². The van der Waals surface area contributed by atoms with E-state index in [2.05, 4.69) is 17.1 Å². The lowest BCUT2D eigenvalue weighted by Gasteiger charge is -2.30. The van der Waals surface area contributed by atoms with Crippen LogP contribution in [0.1, 0.15) is 32.6 Å². The molecule has 0 radical (unpaired) electrons. The standard InChI is InChI=1S/C13H26N2O/c1-2-15(11-13-6-4-8-16-13)10-12-5-3-7-14-9-12/h12-14H,2-11H2,1H3. The van der Waals surface area contributed by atoms with E-state index < -0.39 is 0 Å². The van der Waals surface area contributed by atoms with E-state index >= 15 is 0 Å². The van der Waals surface area contributed by atoms with Gasteiger partial charge in [-0.25, -0.2) is 0 Å². The molecule has 2 aliphatic rings. The van der Waals surface area contributed by atoms with Gasteiger partial charge < -0.3 is 15.0 Å². The van der Waals surface area contributed by atoms with Crippen molar-refractivity contribution in [1.82, 2.24) is 10.2 Å². The number of hydrogen-bond acceptors (Lipinski definition) is 3. The second-order valence-electron chi connectivity index (χ2n) is 5.20. The predicted octanol–water partition coefficient (Wildman–Crippen LogP) is 1.49. The van der Waals surface area contributed by atoms with Crippen molar-refractivity contribution in [2.45, 2.75) is 38.7 Å². The minimum Gasteiger partial charge on any atom is -0.377 e. The highest BCUT2D eigenvalue weighted by Gasteiger charge is 2.21. The molecule has 0 aliphatic carbocycles. The van der Waals surface area contributed by atoms with Crippen molar-refractivity contribution in [1.29, 1.82) is 0 Å². The van der Waals surface area contributed by atoms with Crippen LogP contribution >= 0.6 is 0 Å². The number of rotatable bonds is 5. The molecule has 2 heterocycles. The Morgan fingerprint density at radius 2 is 2.19 bits per heavy atom. The first-order valence-electron chi connectivity index (χ1n) is 6.93. The van der Waals surface area contributed by atoms with Crippen molar-refractivity contribution in [3.63, 3.8) is 0 Å². The summed E-state index contributed by atoms with van der Waals surface area (Å²) >= 11 is 0. The molecule has 0 aromatic carbocycles. The zero-order valence-corrected chi connectivity index (χ0v) is 10.6. The average Bonchev–Trinajstić information content (AvgIpc) is 2.82. The van der Waals surface area contributed by atoms with Crippen LogP contribution in [0.3, 0.4) is 0 Å². The summed E-state index contributed by atoms with van der Waals surface area (Å²) < 4.78 is 5.72. The number of nitrogens with one attached hydrogen (secondary N) is 1. The van der Waals surface area contributed by atoms with Gasteiger partial charge in [-0.05, 0) is 51.2 Å². The maximum atomic E-state index is 5.72. The molecular formula is C13H26N2O. The fourth-order valence-corrected chi connectivity index (χ4v) is 2.85. The third-order valence-corrected chi connectivity index (χ3v) is 3.85. The van der Waals surface area contributed by atoms with Crippen molar-refractivity contribution in [3.8, 4) is 0 Å². The van der Waals surface area contributed by atoms with Crippen LogP contribution in [0.4, 0.5) is 0 Å². The van der Waals surface area contributed by atoms with Crippen LogP contribution in [-0.4, -0.2) is 50.3 Å². The number of piperidine rings is 1. The Bertz CT molecular complexity index is 186. The van der Waals surface area contributed by atoms with E-state index in [1.54, 1.807) is 0 Å². The smallest absolute Gasteiger partial charge is 0.0702 e. The van der Waals surface area contributed by atoms with E-state index in [9.17, 15) is 0 Å². The van der Waals surface area contributed by atoms with Gasteiger partial charge in [0, 0.05) is 19.7 Å². The van der Waals surface area contributed by atoms with E-state index in [-0.39, 0.29) is 0 Å². The summed E-state index contributed by atoms with van der Waals surface area (Å²) in [5, 5.41) is 3.50. The fourth-order valence-electron chi connectivity index (χ4n) is 2.85. The van der Waals surface area contributed by atoms with Gasteiger partial charge in [0.25, 0.3) is 0 Å². The first-order valence-corrected chi connectivity index (χ1v) is 6.93. The minimum atomic E-state index is 0.511. The van der Waals surface area contributed by atoms with Crippen LogP contribution in [0.25, 0.3) is 0 Å². The molecule has 0 saturated carbocycles. The number of likely N-dealkylation sites (N-methyl/N-ethyl adjacent to an activating group) is 1. The number of nitrogens with zero attached hydrogens (tertiary/aromatic N) is 1. The fraction of sp³-hybridized carbons (Fsp3) is 1.00.